The molecule has 0 fully saturated rings. The zero-order chi connectivity index (χ0) is 8.10. The van der Waals surface area contributed by atoms with Crippen molar-refractivity contribution in [1.29, 1.82) is 0 Å². The maximum absolute atomic E-state index is 5.11. The number of aryl methyl sites for hydroxylation is 1. The minimum Gasteiger partial charge on any atom is -0.480 e. The van der Waals surface area contributed by atoms with Crippen molar-refractivity contribution in [2.24, 2.45) is 0 Å². The maximum Gasteiger partial charge on any atom is 0.125 e. The Labute approximate surface area is 70.1 Å². The van der Waals surface area contributed by atoms with Crippen molar-refractivity contribution in [3.63, 3.8) is 0 Å². The third-order valence-corrected chi connectivity index (χ3v) is 1.87. The highest BCUT2D eigenvalue weighted by molar-refractivity contribution is 7.10. The molecule has 1 rings (SSSR count). The van der Waals surface area contributed by atoms with Gasteiger partial charge >= 0.3 is 0 Å². The zero-order valence-electron chi connectivity index (χ0n) is 6.71. The Morgan fingerprint density at radius 1 is 1.36 bits per heavy atom. The normalized spacial score (nSPS) is 9.64. The molecule has 1 atom stereocenters. The molecule has 2 heteroatoms. The Balaban J connectivity index is 2.83. The van der Waals surface area contributed by atoms with E-state index < -0.39 is 0 Å². The summed E-state index contributed by atoms with van der Waals surface area (Å²) in [7, 11) is 2.28. The molecule has 0 aliphatic heterocycles. The largest absolute Gasteiger partial charge is 0.480 e. The van der Waals surface area contributed by atoms with E-state index in [2.05, 4.69) is 22.5 Å². The van der Waals surface area contributed by atoms with Crippen LogP contribution < -0.4 is 4.52 Å². The van der Waals surface area contributed by atoms with E-state index in [4.69, 9.17) is 4.52 Å². The van der Waals surface area contributed by atoms with Crippen LogP contribution in [0.4, 0.5) is 0 Å². The molecule has 0 saturated carbocycles. The lowest BCUT2D eigenvalue weighted by molar-refractivity contribution is 0.631. The van der Waals surface area contributed by atoms with Gasteiger partial charge in [-0.15, -0.1) is 0 Å². The van der Waals surface area contributed by atoms with Gasteiger partial charge in [0.2, 0.25) is 0 Å². The van der Waals surface area contributed by atoms with Crippen molar-refractivity contribution in [2.45, 2.75) is 19.8 Å². The van der Waals surface area contributed by atoms with E-state index in [1.165, 1.54) is 5.56 Å². The molecule has 0 radical (unpaired) electrons. The zero-order valence-corrected chi connectivity index (χ0v) is 7.86. The Morgan fingerprint density at radius 2 is 2.09 bits per heavy atom. The smallest absolute Gasteiger partial charge is 0.125 e. The summed E-state index contributed by atoms with van der Waals surface area (Å²) in [5.41, 5.74) is 1.28. The van der Waals surface area contributed by atoms with E-state index in [-0.39, 0.29) is 0 Å². The van der Waals surface area contributed by atoms with Crippen molar-refractivity contribution in [2.75, 3.05) is 0 Å². The molecule has 1 unspecified atom stereocenters. The van der Waals surface area contributed by atoms with E-state index in [0.717, 1.165) is 18.6 Å². The highest BCUT2D eigenvalue weighted by Crippen LogP contribution is 2.20. The summed E-state index contributed by atoms with van der Waals surface area (Å²) in [6, 6.07) is 8.11. The molecule has 0 bridgehead atoms. The first-order valence-electron chi connectivity index (χ1n) is 3.83. The van der Waals surface area contributed by atoms with Crippen LogP contribution >= 0.6 is 9.47 Å². The third-order valence-electron chi connectivity index (χ3n) is 1.62. The average Bonchev–Trinajstić information content (AvgIpc) is 2.06. The van der Waals surface area contributed by atoms with Gasteiger partial charge in [-0.05, 0) is 18.1 Å². The van der Waals surface area contributed by atoms with Crippen molar-refractivity contribution >= 4 is 9.47 Å². The average molecular weight is 168 g/mol. The molecule has 1 aromatic carbocycles. The molecule has 0 N–H and O–H groups in total. The Kier molecular flexibility index (Phi) is 3.38. The topological polar surface area (TPSA) is 9.23 Å². The van der Waals surface area contributed by atoms with Gasteiger partial charge in [-0.2, -0.15) is 0 Å². The van der Waals surface area contributed by atoms with Crippen LogP contribution in [0.5, 0.6) is 5.75 Å². The van der Waals surface area contributed by atoms with Gasteiger partial charge in [0.15, 0.2) is 0 Å². The second kappa shape index (κ2) is 4.35. The Morgan fingerprint density at radius 3 is 2.73 bits per heavy atom. The van der Waals surface area contributed by atoms with Crippen LogP contribution in [0, 0.1) is 0 Å². The second-order valence-corrected chi connectivity index (χ2v) is 2.71. The summed E-state index contributed by atoms with van der Waals surface area (Å²) in [6.45, 7) is 2.17. The van der Waals surface area contributed by atoms with E-state index in [1.54, 1.807) is 0 Å². The van der Waals surface area contributed by atoms with Gasteiger partial charge < -0.3 is 4.52 Å². The lowest BCUT2D eigenvalue weighted by Crippen LogP contribution is -1.86. The number of para-hydroxylation sites is 1. The number of rotatable bonds is 3. The van der Waals surface area contributed by atoms with Crippen LogP contribution in [-0.2, 0) is 6.42 Å². The Hall–Kier alpha value is -0.550. The van der Waals surface area contributed by atoms with Crippen LogP contribution in [0.3, 0.4) is 0 Å². The minimum atomic E-state index is 0.972. The molecular formula is C9H13OP. The van der Waals surface area contributed by atoms with Crippen molar-refractivity contribution in [3.8, 4) is 5.75 Å². The highest BCUT2D eigenvalue weighted by atomic mass is 31.0. The molecular weight excluding hydrogens is 155 g/mol. The molecule has 1 nitrogen and oxygen atoms in total. The fraction of sp³-hybridized carbons (Fsp3) is 0.333. The number of hydrogen-bond donors (Lipinski definition) is 0. The van der Waals surface area contributed by atoms with Gasteiger partial charge in [-0.3, -0.25) is 0 Å². The first kappa shape index (κ1) is 8.55. The summed E-state index contributed by atoms with van der Waals surface area (Å²) in [4.78, 5) is 0. The predicted octanol–water partition coefficient (Wildman–Crippen LogP) is 2.81. The van der Waals surface area contributed by atoms with Crippen LogP contribution in [0.15, 0.2) is 24.3 Å². The summed E-state index contributed by atoms with van der Waals surface area (Å²) in [5.74, 6) is 0.972. The van der Waals surface area contributed by atoms with Crippen LogP contribution in [0.2, 0.25) is 0 Å². The summed E-state index contributed by atoms with van der Waals surface area (Å²) < 4.78 is 5.11. The molecule has 0 spiro atoms. The summed E-state index contributed by atoms with van der Waals surface area (Å²) in [5, 5.41) is 0. The first-order valence-corrected chi connectivity index (χ1v) is 4.30. The highest BCUT2D eigenvalue weighted by Gasteiger charge is 1.97. The molecule has 11 heavy (non-hydrogen) atoms. The fourth-order valence-electron chi connectivity index (χ4n) is 1.09. The lowest BCUT2D eigenvalue weighted by Gasteiger charge is -2.05. The van der Waals surface area contributed by atoms with Crippen LogP contribution in [-0.4, -0.2) is 0 Å². The second-order valence-electron chi connectivity index (χ2n) is 2.48. The number of hydrogen-bond acceptors (Lipinski definition) is 1. The summed E-state index contributed by atoms with van der Waals surface area (Å²) >= 11 is 0. The lowest BCUT2D eigenvalue weighted by atomic mass is 10.1. The van der Waals surface area contributed by atoms with E-state index in [9.17, 15) is 0 Å². The SMILES string of the molecule is CCCc1ccccc1OP. The standard InChI is InChI=1S/C9H13OP/c1-2-5-8-6-3-4-7-9(8)10-11/h3-4,6-7H,2,5,11H2,1H3. The molecule has 0 amide bonds. The first-order chi connectivity index (χ1) is 5.38. The molecule has 0 saturated heterocycles. The molecule has 0 aromatic heterocycles. The quantitative estimate of drug-likeness (QED) is 0.630. The third kappa shape index (κ3) is 2.20. The molecule has 60 valence electrons. The van der Waals surface area contributed by atoms with Gasteiger partial charge in [0.05, 0.1) is 9.47 Å². The van der Waals surface area contributed by atoms with E-state index >= 15 is 0 Å². The van der Waals surface area contributed by atoms with Gasteiger partial charge in [0, 0.05) is 0 Å². The van der Waals surface area contributed by atoms with Crippen LogP contribution in [0.1, 0.15) is 18.9 Å². The minimum absolute atomic E-state index is 0.972. The molecule has 0 aliphatic carbocycles. The predicted molar refractivity (Wildman–Crippen MR) is 50.8 cm³/mol. The van der Waals surface area contributed by atoms with Gasteiger partial charge in [0.25, 0.3) is 0 Å². The van der Waals surface area contributed by atoms with Gasteiger partial charge in [-0.25, -0.2) is 0 Å². The van der Waals surface area contributed by atoms with E-state index in [0.29, 0.717) is 0 Å². The van der Waals surface area contributed by atoms with Gasteiger partial charge in [0.1, 0.15) is 5.75 Å². The molecule has 1 aromatic rings. The Bertz CT molecular complexity index is 223. The molecule has 0 heterocycles. The number of benzene rings is 1. The van der Waals surface area contributed by atoms with Crippen molar-refractivity contribution in [1.82, 2.24) is 0 Å². The van der Waals surface area contributed by atoms with Crippen LogP contribution in [0.25, 0.3) is 0 Å². The maximum atomic E-state index is 5.11. The van der Waals surface area contributed by atoms with Crippen molar-refractivity contribution < 1.29 is 4.52 Å². The van der Waals surface area contributed by atoms with Crippen molar-refractivity contribution in [3.05, 3.63) is 29.8 Å². The van der Waals surface area contributed by atoms with Gasteiger partial charge in [-0.1, -0.05) is 31.5 Å². The molecule has 0 aliphatic rings. The fourth-order valence-corrected chi connectivity index (χ4v) is 1.32. The monoisotopic (exact) mass is 168 g/mol. The summed E-state index contributed by atoms with van der Waals surface area (Å²) in [6.07, 6.45) is 2.25. The van der Waals surface area contributed by atoms with E-state index in [1.807, 2.05) is 18.2 Å².